The second kappa shape index (κ2) is 5.29. The van der Waals surface area contributed by atoms with Crippen LogP contribution in [0.15, 0.2) is 24.3 Å². The average molecular weight is 234 g/mol. The molecule has 1 aromatic rings. The second-order valence-electron chi connectivity index (χ2n) is 4.53. The van der Waals surface area contributed by atoms with Gasteiger partial charge in [-0.2, -0.15) is 0 Å². The molecule has 0 aromatic heterocycles. The number of hydrogen-bond acceptors (Lipinski definition) is 3. The number of hydrogen-bond donors (Lipinski definition) is 2. The van der Waals surface area contributed by atoms with Gasteiger partial charge in [-0.1, -0.05) is 18.2 Å². The summed E-state index contributed by atoms with van der Waals surface area (Å²) in [5, 5.41) is 0. The Balaban J connectivity index is 1.97. The van der Waals surface area contributed by atoms with E-state index in [2.05, 4.69) is 0 Å². The Labute approximate surface area is 101 Å². The van der Waals surface area contributed by atoms with Crippen molar-refractivity contribution in [1.29, 1.82) is 0 Å². The number of primary amides is 1. The molecule has 1 saturated carbocycles. The van der Waals surface area contributed by atoms with Gasteiger partial charge in [0, 0.05) is 11.6 Å². The van der Waals surface area contributed by atoms with Crippen LogP contribution in [0.2, 0.25) is 0 Å². The zero-order valence-corrected chi connectivity index (χ0v) is 9.76. The highest BCUT2D eigenvalue weighted by atomic mass is 16.5. The van der Waals surface area contributed by atoms with E-state index in [0.29, 0.717) is 12.2 Å². The molecule has 17 heavy (non-hydrogen) atoms. The zero-order valence-electron chi connectivity index (χ0n) is 9.76. The molecule has 0 bridgehead atoms. The topological polar surface area (TPSA) is 78.3 Å². The zero-order chi connectivity index (χ0) is 12.3. The summed E-state index contributed by atoms with van der Waals surface area (Å²) in [6.07, 6.45) is 3.13. The Morgan fingerprint density at radius 3 is 2.76 bits per heavy atom. The van der Waals surface area contributed by atoms with Crippen molar-refractivity contribution < 1.29 is 9.53 Å². The number of ether oxygens (including phenoxy) is 1. The van der Waals surface area contributed by atoms with Crippen molar-refractivity contribution in [2.75, 3.05) is 0 Å². The number of benzene rings is 1. The molecule has 4 N–H and O–H groups in total. The van der Waals surface area contributed by atoms with Gasteiger partial charge in [-0.05, 0) is 30.9 Å². The Morgan fingerprint density at radius 2 is 2.12 bits per heavy atom. The third-order valence-corrected chi connectivity index (χ3v) is 3.18. The van der Waals surface area contributed by atoms with Crippen LogP contribution in [0.4, 0.5) is 0 Å². The Bertz CT molecular complexity index is 406. The third kappa shape index (κ3) is 3.05. The van der Waals surface area contributed by atoms with E-state index >= 15 is 0 Å². The molecule has 1 fully saturated rings. The van der Waals surface area contributed by atoms with Gasteiger partial charge < -0.3 is 16.2 Å². The molecule has 0 aliphatic heterocycles. The van der Waals surface area contributed by atoms with Crippen LogP contribution in [0, 0.1) is 0 Å². The van der Waals surface area contributed by atoms with E-state index in [1.54, 1.807) is 12.1 Å². The molecule has 1 aliphatic carbocycles. The highest BCUT2D eigenvalue weighted by Gasteiger charge is 2.22. The molecule has 2 atom stereocenters. The monoisotopic (exact) mass is 234 g/mol. The van der Waals surface area contributed by atoms with Gasteiger partial charge in [-0.15, -0.1) is 0 Å². The summed E-state index contributed by atoms with van der Waals surface area (Å²) in [5.41, 5.74) is 12.5. The fourth-order valence-corrected chi connectivity index (χ4v) is 2.22. The number of carbonyl (C=O) groups is 1. The van der Waals surface area contributed by atoms with Crippen molar-refractivity contribution in [2.45, 2.75) is 38.0 Å². The molecule has 4 nitrogen and oxygen atoms in total. The molecular weight excluding hydrogens is 216 g/mol. The first kappa shape index (κ1) is 12.1. The van der Waals surface area contributed by atoms with Crippen molar-refractivity contribution in [1.82, 2.24) is 0 Å². The first-order valence-electron chi connectivity index (χ1n) is 5.91. The lowest BCUT2D eigenvalue weighted by atomic mass is 10.1. The van der Waals surface area contributed by atoms with Gasteiger partial charge in [-0.25, -0.2) is 0 Å². The van der Waals surface area contributed by atoms with Crippen molar-refractivity contribution in [3.63, 3.8) is 0 Å². The molecule has 0 spiro atoms. The maximum atomic E-state index is 11.2. The largest absolute Gasteiger partial charge is 0.373 e. The number of nitrogens with two attached hydrogens (primary N) is 2. The van der Waals surface area contributed by atoms with Crippen molar-refractivity contribution in [2.24, 2.45) is 11.5 Å². The van der Waals surface area contributed by atoms with E-state index < -0.39 is 5.91 Å². The van der Waals surface area contributed by atoms with Crippen LogP contribution in [0.3, 0.4) is 0 Å². The van der Waals surface area contributed by atoms with Crippen molar-refractivity contribution >= 4 is 5.91 Å². The molecule has 4 heteroatoms. The van der Waals surface area contributed by atoms with Crippen LogP contribution < -0.4 is 11.5 Å². The van der Waals surface area contributed by atoms with Gasteiger partial charge in [0.1, 0.15) is 0 Å². The molecule has 2 rings (SSSR count). The van der Waals surface area contributed by atoms with Crippen LogP contribution in [0.25, 0.3) is 0 Å². The lowest BCUT2D eigenvalue weighted by Crippen LogP contribution is -2.18. The Hall–Kier alpha value is -1.39. The first-order chi connectivity index (χ1) is 8.16. The summed E-state index contributed by atoms with van der Waals surface area (Å²) in [5.74, 6) is -0.410. The molecule has 1 amide bonds. The highest BCUT2D eigenvalue weighted by molar-refractivity contribution is 5.94. The van der Waals surface area contributed by atoms with Gasteiger partial charge in [-0.3, -0.25) is 4.79 Å². The van der Waals surface area contributed by atoms with E-state index in [0.717, 1.165) is 24.8 Å². The molecule has 1 aliphatic rings. The van der Waals surface area contributed by atoms with Gasteiger partial charge in [0.2, 0.25) is 5.91 Å². The molecule has 0 radical (unpaired) electrons. The molecule has 1 aromatic carbocycles. The lowest BCUT2D eigenvalue weighted by Gasteiger charge is -2.13. The number of carbonyl (C=O) groups excluding carboxylic acids is 1. The Morgan fingerprint density at radius 1 is 1.35 bits per heavy atom. The second-order valence-corrected chi connectivity index (χ2v) is 4.53. The molecule has 92 valence electrons. The lowest BCUT2D eigenvalue weighted by molar-refractivity contribution is 0.0443. The minimum absolute atomic E-state index is 0.214. The maximum Gasteiger partial charge on any atom is 0.249 e. The van der Waals surface area contributed by atoms with Gasteiger partial charge in [0.25, 0.3) is 0 Å². The van der Waals surface area contributed by atoms with Crippen LogP contribution >= 0.6 is 0 Å². The smallest absolute Gasteiger partial charge is 0.249 e. The van der Waals surface area contributed by atoms with E-state index in [1.165, 1.54) is 0 Å². The summed E-state index contributed by atoms with van der Waals surface area (Å²) in [4.78, 5) is 11.2. The van der Waals surface area contributed by atoms with Gasteiger partial charge >= 0.3 is 0 Å². The van der Waals surface area contributed by atoms with Crippen LogP contribution in [0.5, 0.6) is 0 Å². The SMILES string of the molecule is NC(=O)c1ccccc1COC1CCC(N)C1. The third-order valence-electron chi connectivity index (χ3n) is 3.18. The van der Waals surface area contributed by atoms with Crippen LogP contribution in [-0.2, 0) is 11.3 Å². The number of amides is 1. The summed E-state index contributed by atoms with van der Waals surface area (Å²) >= 11 is 0. The van der Waals surface area contributed by atoms with Crippen LogP contribution in [0.1, 0.15) is 35.2 Å². The van der Waals surface area contributed by atoms with Gasteiger partial charge in [0.05, 0.1) is 12.7 Å². The maximum absolute atomic E-state index is 11.2. The van der Waals surface area contributed by atoms with E-state index in [9.17, 15) is 4.79 Å². The van der Waals surface area contributed by atoms with Crippen molar-refractivity contribution in [3.05, 3.63) is 35.4 Å². The standard InChI is InChI=1S/C13H18N2O2/c14-10-5-6-11(7-10)17-8-9-3-1-2-4-12(9)13(15)16/h1-4,10-11H,5-8,14H2,(H2,15,16). The predicted octanol–water partition coefficient (Wildman–Crippen LogP) is 1.18. The molecule has 0 heterocycles. The quantitative estimate of drug-likeness (QED) is 0.821. The Kier molecular flexibility index (Phi) is 3.76. The molecular formula is C13H18N2O2. The molecule has 2 unspecified atom stereocenters. The van der Waals surface area contributed by atoms with E-state index in [4.69, 9.17) is 16.2 Å². The minimum Gasteiger partial charge on any atom is -0.373 e. The first-order valence-corrected chi connectivity index (χ1v) is 5.91. The average Bonchev–Trinajstić information content (AvgIpc) is 2.73. The predicted molar refractivity (Wildman–Crippen MR) is 65.4 cm³/mol. The summed E-state index contributed by atoms with van der Waals surface area (Å²) in [6.45, 7) is 0.427. The van der Waals surface area contributed by atoms with E-state index in [-0.39, 0.29) is 12.1 Å². The minimum atomic E-state index is -0.410. The summed E-state index contributed by atoms with van der Waals surface area (Å²) < 4.78 is 5.76. The fourth-order valence-electron chi connectivity index (χ4n) is 2.22. The van der Waals surface area contributed by atoms with Crippen molar-refractivity contribution in [3.8, 4) is 0 Å². The normalized spacial score (nSPS) is 23.8. The van der Waals surface area contributed by atoms with Gasteiger partial charge in [0.15, 0.2) is 0 Å². The summed E-state index contributed by atoms with van der Waals surface area (Å²) in [6, 6.07) is 7.53. The van der Waals surface area contributed by atoms with Crippen LogP contribution in [-0.4, -0.2) is 18.1 Å². The highest BCUT2D eigenvalue weighted by Crippen LogP contribution is 2.22. The fraction of sp³-hybridized carbons (Fsp3) is 0.462. The summed E-state index contributed by atoms with van der Waals surface area (Å²) in [7, 11) is 0. The number of rotatable bonds is 4. The molecule has 0 saturated heterocycles. The van der Waals surface area contributed by atoms with E-state index in [1.807, 2.05) is 12.1 Å².